The van der Waals surface area contributed by atoms with Crippen molar-refractivity contribution in [2.24, 2.45) is 0 Å². The predicted octanol–water partition coefficient (Wildman–Crippen LogP) is 4.23. The third-order valence-electron chi connectivity index (χ3n) is 3.70. The van der Waals surface area contributed by atoms with Gasteiger partial charge in [-0.3, -0.25) is 0 Å². The Morgan fingerprint density at radius 1 is 1.24 bits per heavy atom. The molecule has 0 aliphatic heterocycles. The highest BCUT2D eigenvalue weighted by Crippen LogP contribution is 2.28. The minimum absolute atomic E-state index is 0.297. The SMILES string of the molecule is CCCNC(C)c1cc(Br)ccc1OCCN(CC)CC. The number of nitrogens with one attached hydrogen (secondary N) is 1. The highest BCUT2D eigenvalue weighted by molar-refractivity contribution is 9.10. The lowest BCUT2D eigenvalue weighted by molar-refractivity contribution is 0.220. The number of hydrogen-bond donors (Lipinski definition) is 1. The second kappa shape index (κ2) is 10.2. The number of halogens is 1. The van der Waals surface area contributed by atoms with Crippen LogP contribution in [0.5, 0.6) is 5.75 Å². The van der Waals surface area contributed by atoms with Crippen LogP contribution in [-0.4, -0.2) is 37.7 Å². The Hall–Kier alpha value is -0.580. The summed E-state index contributed by atoms with van der Waals surface area (Å²) >= 11 is 3.56. The van der Waals surface area contributed by atoms with E-state index in [1.54, 1.807) is 0 Å². The number of likely N-dealkylation sites (N-methyl/N-ethyl adjacent to an activating group) is 1. The van der Waals surface area contributed by atoms with Crippen molar-refractivity contribution in [2.45, 2.75) is 40.2 Å². The first-order valence-corrected chi connectivity index (χ1v) is 8.79. The molecule has 3 nitrogen and oxygen atoms in total. The van der Waals surface area contributed by atoms with Crippen LogP contribution >= 0.6 is 15.9 Å². The third kappa shape index (κ3) is 6.37. The summed E-state index contributed by atoms with van der Waals surface area (Å²) in [5.74, 6) is 0.987. The first kappa shape index (κ1) is 18.5. The molecule has 4 heteroatoms. The summed E-state index contributed by atoms with van der Waals surface area (Å²) < 4.78 is 7.12. The van der Waals surface area contributed by atoms with Crippen molar-refractivity contribution in [1.82, 2.24) is 10.2 Å². The van der Waals surface area contributed by atoms with Gasteiger partial charge in [-0.25, -0.2) is 0 Å². The molecule has 1 aromatic carbocycles. The van der Waals surface area contributed by atoms with Crippen molar-refractivity contribution in [1.29, 1.82) is 0 Å². The molecule has 1 N–H and O–H groups in total. The van der Waals surface area contributed by atoms with Crippen LogP contribution in [0.15, 0.2) is 22.7 Å². The zero-order valence-electron chi connectivity index (χ0n) is 13.8. The number of nitrogens with zero attached hydrogens (tertiary/aromatic N) is 1. The van der Waals surface area contributed by atoms with E-state index in [4.69, 9.17) is 4.74 Å². The quantitative estimate of drug-likeness (QED) is 0.678. The van der Waals surface area contributed by atoms with E-state index in [1.165, 1.54) is 5.56 Å². The Morgan fingerprint density at radius 2 is 1.95 bits per heavy atom. The maximum absolute atomic E-state index is 6.02. The predicted molar refractivity (Wildman–Crippen MR) is 94.1 cm³/mol. The maximum atomic E-state index is 6.02. The minimum Gasteiger partial charge on any atom is -0.492 e. The number of rotatable bonds is 10. The van der Waals surface area contributed by atoms with Gasteiger partial charge in [0.1, 0.15) is 12.4 Å². The maximum Gasteiger partial charge on any atom is 0.124 e. The van der Waals surface area contributed by atoms with Crippen LogP contribution in [0.2, 0.25) is 0 Å². The lowest BCUT2D eigenvalue weighted by Gasteiger charge is -2.21. The lowest BCUT2D eigenvalue weighted by atomic mass is 10.1. The highest BCUT2D eigenvalue weighted by Gasteiger charge is 2.12. The number of hydrogen-bond acceptors (Lipinski definition) is 3. The first-order chi connectivity index (χ1) is 10.1. The average Bonchev–Trinajstić information content (AvgIpc) is 2.50. The molecule has 0 aromatic heterocycles. The molecule has 1 atom stereocenters. The fraction of sp³-hybridized carbons (Fsp3) is 0.647. The largest absolute Gasteiger partial charge is 0.492 e. The molecule has 0 saturated heterocycles. The topological polar surface area (TPSA) is 24.5 Å². The van der Waals surface area contributed by atoms with E-state index in [9.17, 15) is 0 Å². The molecule has 0 aliphatic carbocycles. The number of ether oxygens (including phenoxy) is 1. The molecule has 0 fully saturated rings. The zero-order valence-corrected chi connectivity index (χ0v) is 15.4. The van der Waals surface area contributed by atoms with Gasteiger partial charge in [0.2, 0.25) is 0 Å². The molecule has 0 aliphatic rings. The average molecular weight is 357 g/mol. The molecule has 0 radical (unpaired) electrons. The Kier molecular flexibility index (Phi) is 8.97. The van der Waals surface area contributed by atoms with E-state index in [2.05, 4.69) is 66.0 Å². The van der Waals surface area contributed by atoms with Crippen molar-refractivity contribution in [3.63, 3.8) is 0 Å². The van der Waals surface area contributed by atoms with Gasteiger partial charge in [0.15, 0.2) is 0 Å². The summed E-state index contributed by atoms with van der Waals surface area (Å²) in [5, 5.41) is 3.53. The lowest BCUT2D eigenvalue weighted by Crippen LogP contribution is -2.28. The monoisotopic (exact) mass is 356 g/mol. The summed E-state index contributed by atoms with van der Waals surface area (Å²) in [6.07, 6.45) is 1.14. The van der Waals surface area contributed by atoms with Crippen LogP contribution in [0.1, 0.15) is 45.7 Å². The van der Waals surface area contributed by atoms with E-state index in [1.807, 2.05) is 6.07 Å². The van der Waals surface area contributed by atoms with Gasteiger partial charge in [-0.15, -0.1) is 0 Å². The molecule has 21 heavy (non-hydrogen) atoms. The zero-order chi connectivity index (χ0) is 15.7. The van der Waals surface area contributed by atoms with E-state index in [0.29, 0.717) is 6.04 Å². The minimum atomic E-state index is 0.297. The standard InChI is InChI=1S/C17H29BrN2O/c1-5-10-19-14(4)16-13-15(18)8-9-17(16)21-12-11-20(6-2)7-3/h8-9,13-14,19H,5-7,10-12H2,1-4H3. The fourth-order valence-corrected chi connectivity index (χ4v) is 2.66. The van der Waals surface area contributed by atoms with Gasteiger partial charge >= 0.3 is 0 Å². The second-order valence-electron chi connectivity index (χ2n) is 5.23. The Labute approximate surface area is 138 Å². The van der Waals surface area contributed by atoms with E-state index in [0.717, 1.165) is 49.4 Å². The molecular formula is C17H29BrN2O. The molecule has 1 rings (SSSR count). The molecule has 120 valence electrons. The normalized spacial score (nSPS) is 12.7. The molecule has 0 spiro atoms. The van der Waals surface area contributed by atoms with E-state index in [-0.39, 0.29) is 0 Å². The number of benzene rings is 1. The Balaban J connectivity index is 2.68. The van der Waals surface area contributed by atoms with E-state index < -0.39 is 0 Å². The van der Waals surface area contributed by atoms with Crippen LogP contribution in [0, 0.1) is 0 Å². The van der Waals surface area contributed by atoms with Crippen LogP contribution in [0.25, 0.3) is 0 Å². The van der Waals surface area contributed by atoms with Gasteiger partial charge in [-0.1, -0.05) is 36.7 Å². The van der Waals surface area contributed by atoms with Crippen molar-refractivity contribution in [2.75, 3.05) is 32.8 Å². The summed E-state index contributed by atoms with van der Waals surface area (Å²) in [6, 6.07) is 6.56. The van der Waals surface area contributed by atoms with Crippen molar-refractivity contribution < 1.29 is 4.74 Å². The molecule has 0 saturated carbocycles. The summed E-state index contributed by atoms with van der Waals surface area (Å²) in [4.78, 5) is 2.37. The first-order valence-electron chi connectivity index (χ1n) is 8.00. The molecule has 0 amide bonds. The summed E-state index contributed by atoms with van der Waals surface area (Å²) in [5.41, 5.74) is 1.22. The van der Waals surface area contributed by atoms with Crippen molar-refractivity contribution >= 4 is 15.9 Å². The van der Waals surface area contributed by atoms with Gasteiger partial charge < -0.3 is 15.0 Å². The van der Waals surface area contributed by atoms with Gasteiger partial charge in [-0.2, -0.15) is 0 Å². The molecule has 1 unspecified atom stereocenters. The van der Waals surface area contributed by atoms with Crippen LogP contribution in [0.3, 0.4) is 0 Å². The molecular weight excluding hydrogens is 328 g/mol. The van der Waals surface area contributed by atoms with E-state index >= 15 is 0 Å². The summed E-state index contributed by atoms with van der Waals surface area (Å²) in [6.45, 7) is 13.6. The van der Waals surface area contributed by atoms with Crippen molar-refractivity contribution in [3.8, 4) is 5.75 Å². The molecule has 0 bridgehead atoms. The molecule has 0 heterocycles. The van der Waals surface area contributed by atoms with Gasteiger partial charge in [0.25, 0.3) is 0 Å². The van der Waals surface area contributed by atoms with Gasteiger partial charge in [0, 0.05) is 22.6 Å². The Morgan fingerprint density at radius 3 is 2.57 bits per heavy atom. The van der Waals surface area contributed by atoms with Crippen molar-refractivity contribution in [3.05, 3.63) is 28.2 Å². The van der Waals surface area contributed by atoms with Crippen LogP contribution < -0.4 is 10.1 Å². The molecule has 1 aromatic rings. The van der Waals surface area contributed by atoms with Gasteiger partial charge in [-0.05, 0) is 51.2 Å². The van der Waals surface area contributed by atoms with Crippen LogP contribution in [0.4, 0.5) is 0 Å². The fourth-order valence-electron chi connectivity index (χ4n) is 2.28. The highest BCUT2D eigenvalue weighted by atomic mass is 79.9. The summed E-state index contributed by atoms with van der Waals surface area (Å²) in [7, 11) is 0. The smallest absolute Gasteiger partial charge is 0.124 e. The third-order valence-corrected chi connectivity index (χ3v) is 4.19. The second-order valence-corrected chi connectivity index (χ2v) is 6.15. The van der Waals surface area contributed by atoms with Gasteiger partial charge in [0.05, 0.1) is 0 Å². The van der Waals surface area contributed by atoms with Crippen LogP contribution in [-0.2, 0) is 0 Å². The Bertz CT molecular complexity index is 408.